The molecule has 0 aliphatic carbocycles. The first-order valence-corrected chi connectivity index (χ1v) is 12.0. The average Bonchev–Trinajstić information content (AvgIpc) is 3.21. The molecule has 3 aromatic heterocycles. The van der Waals surface area contributed by atoms with Crippen LogP contribution in [0.1, 0.15) is 17.5 Å². The van der Waals surface area contributed by atoms with Crippen LogP contribution in [0.2, 0.25) is 0 Å². The first kappa shape index (κ1) is 21.8. The number of aromatic nitrogens is 4. The number of aryl methyl sites for hydroxylation is 1. The van der Waals surface area contributed by atoms with Crippen LogP contribution in [0.25, 0.3) is 21.5 Å². The summed E-state index contributed by atoms with van der Waals surface area (Å²) in [4.78, 5) is 22.4. The van der Waals surface area contributed by atoms with Crippen LogP contribution in [-0.4, -0.2) is 62.5 Å². The van der Waals surface area contributed by atoms with E-state index in [2.05, 4.69) is 48.0 Å². The first-order chi connectivity index (χ1) is 16.1. The predicted octanol–water partition coefficient (Wildman–Crippen LogP) is 4.48. The van der Waals surface area contributed by atoms with Gasteiger partial charge in [-0.25, -0.2) is 24.3 Å². The van der Waals surface area contributed by atoms with Crippen LogP contribution < -0.4 is 5.32 Å². The summed E-state index contributed by atoms with van der Waals surface area (Å²) in [5.41, 5.74) is 3.02. The summed E-state index contributed by atoms with van der Waals surface area (Å²) >= 11 is 1.58. The van der Waals surface area contributed by atoms with E-state index in [-0.39, 0.29) is 5.69 Å². The molecule has 4 aromatic rings. The molecule has 1 aliphatic rings. The Morgan fingerprint density at radius 3 is 2.58 bits per heavy atom. The minimum atomic E-state index is -0.465. The molecule has 0 spiro atoms. The van der Waals surface area contributed by atoms with E-state index < -0.39 is 5.82 Å². The number of hydrogen-bond donors (Lipinski definition) is 1. The summed E-state index contributed by atoms with van der Waals surface area (Å²) in [6.45, 7) is 10.6. The summed E-state index contributed by atoms with van der Waals surface area (Å²) in [6.07, 6.45) is 3.07. The third kappa shape index (κ3) is 5.00. The Morgan fingerprint density at radius 1 is 1.00 bits per heavy atom. The summed E-state index contributed by atoms with van der Waals surface area (Å²) in [7, 11) is 0. The Hall–Kier alpha value is -3.01. The van der Waals surface area contributed by atoms with E-state index in [4.69, 9.17) is 0 Å². The maximum absolute atomic E-state index is 14.5. The van der Waals surface area contributed by atoms with Crippen molar-refractivity contribution in [3.8, 4) is 11.3 Å². The first-order valence-electron chi connectivity index (χ1n) is 11.1. The van der Waals surface area contributed by atoms with Gasteiger partial charge < -0.3 is 10.2 Å². The highest BCUT2D eigenvalue weighted by Gasteiger charge is 2.16. The van der Waals surface area contributed by atoms with E-state index >= 15 is 0 Å². The van der Waals surface area contributed by atoms with Gasteiger partial charge in [0, 0.05) is 44.5 Å². The molecule has 1 N–H and O–H groups in total. The number of fused-ring (bicyclic) bond motifs is 1. The van der Waals surface area contributed by atoms with Crippen LogP contribution in [0.15, 0.2) is 42.7 Å². The molecule has 0 unspecified atom stereocenters. The number of piperazine rings is 1. The molecule has 170 valence electrons. The van der Waals surface area contributed by atoms with Crippen molar-refractivity contribution in [3.05, 3.63) is 59.1 Å². The number of pyridine rings is 1. The van der Waals surface area contributed by atoms with Gasteiger partial charge in [-0.3, -0.25) is 4.90 Å². The van der Waals surface area contributed by atoms with Gasteiger partial charge >= 0.3 is 0 Å². The summed E-state index contributed by atoms with van der Waals surface area (Å²) in [5.74, 6) is 0.469. The van der Waals surface area contributed by atoms with Crippen molar-refractivity contribution in [2.75, 3.05) is 38.0 Å². The summed E-state index contributed by atoms with van der Waals surface area (Å²) in [6, 6.07) is 9.63. The van der Waals surface area contributed by atoms with Crippen LogP contribution in [0.4, 0.5) is 16.2 Å². The molecule has 4 heterocycles. The van der Waals surface area contributed by atoms with Crippen molar-refractivity contribution in [1.82, 2.24) is 29.7 Å². The molecule has 1 saturated heterocycles. The van der Waals surface area contributed by atoms with Crippen molar-refractivity contribution in [2.45, 2.75) is 20.4 Å². The normalized spacial score (nSPS) is 15.2. The molecule has 33 heavy (non-hydrogen) atoms. The van der Waals surface area contributed by atoms with E-state index in [9.17, 15) is 4.39 Å². The number of nitrogens with one attached hydrogen (secondary N) is 1. The highest BCUT2D eigenvalue weighted by molar-refractivity contribution is 7.18. The molecule has 0 amide bonds. The molecule has 0 radical (unpaired) electrons. The number of benzene rings is 1. The van der Waals surface area contributed by atoms with E-state index in [1.807, 2.05) is 37.4 Å². The summed E-state index contributed by atoms with van der Waals surface area (Å²) in [5, 5.41) is 4.07. The third-order valence-electron chi connectivity index (χ3n) is 5.90. The van der Waals surface area contributed by atoms with Crippen molar-refractivity contribution in [1.29, 1.82) is 0 Å². The SMILES string of the molecule is CCN1CCN(Cc2ccc(Nc3ncc(F)c(-c4ccc5nc(C)sc5c4)n3)nc2)CC1. The predicted molar refractivity (Wildman–Crippen MR) is 130 cm³/mol. The molecular formula is C24H26FN7S. The highest BCUT2D eigenvalue weighted by atomic mass is 32.1. The average molecular weight is 464 g/mol. The van der Waals surface area contributed by atoms with Crippen molar-refractivity contribution < 1.29 is 4.39 Å². The van der Waals surface area contributed by atoms with Crippen LogP contribution in [0.5, 0.6) is 0 Å². The zero-order chi connectivity index (χ0) is 22.8. The van der Waals surface area contributed by atoms with Crippen LogP contribution in [0, 0.1) is 12.7 Å². The number of rotatable bonds is 6. The molecule has 5 rings (SSSR count). The Morgan fingerprint density at radius 2 is 1.82 bits per heavy atom. The molecular weight excluding hydrogens is 437 g/mol. The monoisotopic (exact) mass is 463 g/mol. The Balaban J connectivity index is 1.28. The zero-order valence-corrected chi connectivity index (χ0v) is 19.6. The van der Waals surface area contributed by atoms with Crippen molar-refractivity contribution in [3.63, 3.8) is 0 Å². The van der Waals surface area contributed by atoms with Gasteiger partial charge in [0.15, 0.2) is 5.82 Å². The topological polar surface area (TPSA) is 70.1 Å². The van der Waals surface area contributed by atoms with Gasteiger partial charge in [0.25, 0.3) is 0 Å². The van der Waals surface area contributed by atoms with E-state index in [0.717, 1.165) is 54.5 Å². The molecule has 7 nitrogen and oxygen atoms in total. The highest BCUT2D eigenvalue weighted by Crippen LogP contribution is 2.29. The number of hydrogen-bond acceptors (Lipinski definition) is 8. The maximum atomic E-state index is 14.5. The van der Waals surface area contributed by atoms with Gasteiger partial charge in [-0.2, -0.15) is 0 Å². The van der Waals surface area contributed by atoms with Gasteiger partial charge in [0.05, 0.1) is 21.4 Å². The fraction of sp³-hybridized carbons (Fsp3) is 0.333. The van der Waals surface area contributed by atoms with Crippen LogP contribution in [-0.2, 0) is 6.54 Å². The minimum absolute atomic E-state index is 0.253. The lowest BCUT2D eigenvalue weighted by Gasteiger charge is -2.33. The standard InChI is InChI=1S/C24H26FN7S/c1-3-31-8-10-32(11-9-31)15-17-4-7-22(26-13-17)29-24-27-14-19(25)23(30-24)18-5-6-20-21(12-18)33-16(2)28-20/h4-7,12-14H,3,8-11,15H2,1-2H3,(H,26,27,29,30). The minimum Gasteiger partial charge on any atom is -0.309 e. The molecule has 1 fully saturated rings. The molecule has 1 aliphatic heterocycles. The quantitative estimate of drug-likeness (QED) is 0.452. The van der Waals surface area contributed by atoms with Gasteiger partial charge in [-0.05, 0) is 37.2 Å². The lowest BCUT2D eigenvalue weighted by atomic mass is 10.1. The fourth-order valence-electron chi connectivity index (χ4n) is 4.05. The number of nitrogens with zero attached hydrogens (tertiary/aromatic N) is 6. The van der Waals surface area contributed by atoms with E-state index in [0.29, 0.717) is 17.3 Å². The molecule has 0 atom stereocenters. The second-order valence-electron chi connectivity index (χ2n) is 8.19. The van der Waals surface area contributed by atoms with Crippen LogP contribution in [0.3, 0.4) is 0 Å². The lowest BCUT2D eigenvalue weighted by Crippen LogP contribution is -2.45. The zero-order valence-electron chi connectivity index (χ0n) is 18.8. The Labute approximate surface area is 196 Å². The number of anilines is 2. The van der Waals surface area contributed by atoms with Gasteiger partial charge in [0.1, 0.15) is 11.5 Å². The Bertz CT molecular complexity index is 1250. The fourth-order valence-corrected chi connectivity index (χ4v) is 4.91. The number of halogens is 1. The van der Waals surface area contributed by atoms with Gasteiger partial charge in [0.2, 0.25) is 5.95 Å². The van der Waals surface area contributed by atoms with E-state index in [1.54, 1.807) is 11.3 Å². The van der Waals surface area contributed by atoms with Crippen molar-refractivity contribution >= 4 is 33.3 Å². The van der Waals surface area contributed by atoms with Gasteiger partial charge in [-0.1, -0.05) is 19.1 Å². The van der Waals surface area contributed by atoms with Crippen LogP contribution >= 0.6 is 11.3 Å². The van der Waals surface area contributed by atoms with E-state index in [1.165, 1.54) is 11.8 Å². The second-order valence-corrected chi connectivity index (χ2v) is 9.43. The Kier molecular flexibility index (Phi) is 6.26. The van der Waals surface area contributed by atoms with Gasteiger partial charge in [-0.15, -0.1) is 11.3 Å². The number of thiazole rings is 1. The molecule has 9 heteroatoms. The maximum Gasteiger partial charge on any atom is 0.229 e. The molecule has 0 bridgehead atoms. The van der Waals surface area contributed by atoms with Crippen molar-refractivity contribution in [2.24, 2.45) is 0 Å². The summed E-state index contributed by atoms with van der Waals surface area (Å²) < 4.78 is 15.5. The third-order valence-corrected chi connectivity index (χ3v) is 6.83. The molecule has 0 saturated carbocycles. The largest absolute Gasteiger partial charge is 0.309 e. The number of likely N-dealkylation sites (N-methyl/N-ethyl adjacent to an activating group) is 1. The smallest absolute Gasteiger partial charge is 0.229 e. The lowest BCUT2D eigenvalue weighted by molar-refractivity contribution is 0.132. The molecule has 1 aromatic carbocycles. The second kappa shape index (κ2) is 9.46.